The fourth-order valence-electron chi connectivity index (χ4n) is 7.41. The van der Waals surface area contributed by atoms with Crippen molar-refractivity contribution in [3.05, 3.63) is 58.7 Å². The molecule has 6 rings (SSSR count). The second-order valence-electron chi connectivity index (χ2n) is 10.9. The van der Waals surface area contributed by atoms with E-state index in [4.69, 9.17) is 14.2 Å². The fraction of sp³-hybridized carbons (Fsp3) is 0.519. The fourth-order valence-corrected chi connectivity index (χ4v) is 7.41. The molecule has 4 heteroatoms. The monoisotopic (exact) mass is 418 g/mol. The molecule has 4 nitrogen and oxygen atoms in total. The molecule has 2 bridgehead atoms. The normalized spacial score (nSPS) is 38.8. The van der Waals surface area contributed by atoms with E-state index in [1.807, 2.05) is 12.1 Å². The third kappa shape index (κ3) is 2.05. The maximum absolute atomic E-state index is 11.9. The van der Waals surface area contributed by atoms with Crippen molar-refractivity contribution in [2.75, 3.05) is 13.7 Å². The Balaban J connectivity index is 1.46. The highest BCUT2D eigenvalue weighted by molar-refractivity contribution is 5.90. The van der Waals surface area contributed by atoms with Crippen LogP contribution in [-0.2, 0) is 15.6 Å². The molecule has 0 N–H and O–H groups in total. The number of methoxy groups -OCH3 is 1. The molecule has 2 aromatic carbocycles. The molecule has 31 heavy (non-hydrogen) atoms. The number of hydrogen-bond acceptors (Lipinski definition) is 4. The van der Waals surface area contributed by atoms with Crippen LogP contribution in [0.2, 0.25) is 0 Å². The van der Waals surface area contributed by atoms with Crippen molar-refractivity contribution in [2.24, 2.45) is 11.3 Å². The van der Waals surface area contributed by atoms with Gasteiger partial charge in [0.1, 0.15) is 23.7 Å². The van der Waals surface area contributed by atoms with E-state index >= 15 is 0 Å². The first-order valence-corrected chi connectivity index (χ1v) is 11.4. The van der Waals surface area contributed by atoms with Crippen molar-refractivity contribution < 1.29 is 19.0 Å². The minimum Gasteiger partial charge on any atom is -0.492 e. The molecule has 2 aliphatic carbocycles. The van der Waals surface area contributed by atoms with Gasteiger partial charge in [-0.3, -0.25) is 0 Å². The van der Waals surface area contributed by atoms with E-state index in [2.05, 4.69) is 45.9 Å². The molecular formula is C27H30O4. The van der Waals surface area contributed by atoms with E-state index in [9.17, 15) is 4.79 Å². The van der Waals surface area contributed by atoms with Crippen LogP contribution in [0.15, 0.2) is 36.4 Å². The largest absolute Gasteiger partial charge is 0.492 e. The van der Waals surface area contributed by atoms with Crippen LogP contribution in [0, 0.1) is 11.3 Å². The topological polar surface area (TPSA) is 44.8 Å². The van der Waals surface area contributed by atoms with E-state index in [1.165, 1.54) is 37.5 Å². The Morgan fingerprint density at radius 2 is 1.84 bits per heavy atom. The zero-order valence-corrected chi connectivity index (χ0v) is 19.0. The van der Waals surface area contributed by atoms with E-state index < -0.39 is 0 Å². The summed E-state index contributed by atoms with van der Waals surface area (Å²) in [5.74, 6) is 2.10. The highest BCUT2D eigenvalue weighted by atomic mass is 16.5. The molecule has 0 spiro atoms. The molecule has 0 saturated heterocycles. The summed E-state index contributed by atoms with van der Waals surface area (Å²) in [7, 11) is 1.40. The lowest BCUT2D eigenvalue weighted by Crippen LogP contribution is -2.54. The summed E-state index contributed by atoms with van der Waals surface area (Å²) in [5.41, 5.74) is 4.14. The Hall–Kier alpha value is -2.49. The number of esters is 1. The van der Waals surface area contributed by atoms with Crippen molar-refractivity contribution in [3.63, 3.8) is 0 Å². The van der Waals surface area contributed by atoms with E-state index in [-0.39, 0.29) is 27.8 Å². The second kappa shape index (κ2) is 5.65. The molecule has 162 valence electrons. The van der Waals surface area contributed by atoms with Crippen LogP contribution >= 0.6 is 0 Å². The van der Waals surface area contributed by atoms with Gasteiger partial charge in [0.25, 0.3) is 0 Å². The zero-order valence-electron chi connectivity index (χ0n) is 19.0. The first-order chi connectivity index (χ1) is 14.7. The van der Waals surface area contributed by atoms with Crippen LogP contribution in [0.5, 0.6) is 11.5 Å². The summed E-state index contributed by atoms with van der Waals surface area (Å²) in [6.45, 7) is 10.0. The molecule has 2 saturated carbocycles. The zero-order chi connectivity index (χ0) is 21.8. The lowest BCUT2D eigenvalue weighted by atomic mass is 9.56. The minimum absolute atomic E-state index is 0.0155. The van der Waals surface area contributed by atoms with Gasteiger partial charge in [-0.15, -0.1) is 0 Å². The van der Waals surface area contributed by atoms with E-state index in [0.717, 1.165) is 17.1 Å². The SMILES string of the molecule is COC(=O)c1ccc2c(c1)OCC2(C)c1ccc2c(c1)C1(C)C3(C)CCC(C3)C1(C)O2. The number of rotatable bonds is 2. The number of benzene rings is 2. The third-order valence-corrected chi connectivity index (χ3v) is 9.71. The molecule has 0 amide bonds. The van der Waals surface area contributed by atoms with Crippen LogP contribution in [0.4, 0.5) is 0 Å². The van der Waals surface area contributed by atoms with Gasteiger partial charge in [-0.1, -0.05) is 32.0 Å². The predicted molar refractivity (Wildman–Crippen MR) is 118 cm³/mol. The predicted octanol–water partition coefficient (Wildman–Crippen LogP) is 5.40. The number of carbonyl (C=O) groups is 1. The molecule has 2 aliphatic heterocycles. The quantitative estimate of drug-likeness (QED) is 0.613. The van der Waals surface area contributed by atoms with Crippen molar-refractivity contribution in [1.29, 1.82) is 0 Å². The van der Waals surface area contributed by atoms with Gasteiger partial charge in [-0.05, 0) is 68.2 Å². The maximum Gasteiger partial charge on any atom is 0.337 e. The van der Waals surface area contributed by atoms with Gasteiger partial charge in [0.05, 0.1) is 18.1 Å². The van der Waals surface area contributed by atoms with Crippen molar-refractivity contribution in [1.82, 2.24) is 0 Å². The highest BCUT2D eigenvalue weighted by Gasteiger charge is 2.73. The third-order valence-electron chi connectivity index (χ3n) is 9.71. The second-order valence-corrected chi connectivity index (χ2v) is 10.9. The molecular weight excluding hydrogens is 388 g/mol. The van der Waals surface area contributed by atoms with Crippen LogP contribution in [0.1, 0.15) is 74.0 Å². The van der Waals surface area contributed by atoms with Crippen LogP contribution in [0.25, 0.3) is 0 Å². The summed E-state index contributed by atoms with van der Waals surface area (Å²) in [4.78, 5) is 11.9. The van der Waals surface area contributed by atoms with Crippen molar-refractivity contribution in [2.45, 2.75) is 63.4 Å². The van der Waals surface area contributed by atoms with Gasteiger partial charge >= 0.3 is 5.97 Å². The van der Waals surface area contributed by atoms with Crippen LogP contribution < -0.4 is 9.47 Å². The van der Waals surface area contributed by atoms with Gasteiger partial charge in [0, 0.05) is 16.5 Å². The highest BCUT2D eigenvalue weighted by Crippen LogP contribution is 2.73. The Labute approximate surface area is 183 Å². The number of ether oxygens (including phenoxy) is 3. The van der Waals surface area contributed by atoms with E-state index in [0.29, 0.717) is 18.1 Å². The van der Waals surface area contributed by atoms with Gasteiger partial charge in [-0.2, -0.15) is 0 Å². The average Bonchev–Trinajstić information content (AvgIpc) is 3.44. The molecule has 5 atom stereocenters. The summed E-state index contributed by atoms with van der Waals surface area (Å²) in [6, 6.07) is 12.4. The summed E-state index contributed by atoms with van der Waals surface area (Å²) in [6.07, 6.45) is 3.80. The smallest absolute Gasteiger partial charge is 0.337 e. The summed E-state index contributed by atoms with van der Waals surface area (Å²) >= 11 is 0. The average molecular weight is 419 g/mol. The Morgan fingerprint density at radius 3 is 2.61 bits per heavy atom. The van der Waals surface area contributed by atoms with Gasteiger partial charge in [0.2, 0.25) is 0 Å². The van der Waals surface area contributed by atoms with Crippen LogP contribution in [-0.4, -0.2) is 25.3 Å². The molecule has 2 fully saturated rings. The Morgan fingerprint density at radius 1 is 1.03 bits per heavy atom. The standard InChI is InChI=1S/C27H30O4/c1-24-11-10-18(14-24)27(4)26(24,3)20-13-17(7-9-21(20)31-27)25(2)15-30-22-12-16(23(28)29-5)6-8-19(22)25/h6-9,12-13,18H,10-11,14-15H2,1-5H3. The van der Waals surface area contributed by atoms with Gasteiger partial charge < -0.3 is 14.2 Å². The van der Waals surface area contributed by atoms with Gasteiger partial charge in [-0.25, -0.2) is 4.79 Å². The summed E-state index contributed by atoms with van der Waals surface area (Å²) < 4.78 is 17.7. The van der Waals surface area contributed by atoms with Crippen LogP contribution in [0.3, 0.4) is 0 Å². The number of carbonyl (C=O) groups excluding carboxylic acids is 1. The Bertz CT molecular complexity index is 1140. The van der Waals surface area contributed by atoms with Crippen molar-refractivity contribution >= 4 is 5.97 Å². The molecule has 2 heterocycles. The lowest BCUT2D eigenvalue weighted by Gasteiger charge is -2.48. The molecule has 0 aromatic heterocycles. The van der Waals surface area contributed by atoms with E-state index in [1.54, 1.807) is 6.07 Å². The summed E-state index contributed by atoms with van der Waals surface area (Å²) in [5, 5.41) is 0. The first-order valence-electron chi connectivity index (χ1n) is 11.4. The lowest BCUT2D eigenvalue weighted by molar-refractivity contribution is -0.0260. The van der Waals surface area contributed by atoms with Crippen molar-refractivity contribution in [3.8, 4) is 11.5 Å². The first kappa shape index (κ1) is 19.2. The number of fused-ring (bicyclic) bond motifs is 8. The maximum atomic E-state index is 11.9. The number of hydrogen-bond donors (Lipinski definition) is 0. The molecule has 2 aromatic rings. The minimum atomic E-state index is -0.341. The molecule has 5 unspecified atom stereocenters. The molecule has 0 radical (unpaired) electrons. The molecule has 4 aliphatic rings. The van der Waals surface area contributed by atoms with Gasteiger partial charge in [0.15, 0.2) is 0 Å². The Kier molecular flexibility index (Phi) is 3.50.